The maximum Gasteiger partial charge on any atom is 0.168 e. The number of thioether (sulfide) groups is 1. The summed E-state index contributed by atoms with van der Waals surface area (Å²) in [6.07, 6.45) is 3.61. The third-order valence-electron chi connectivity index (χ3n) is 2.32. The van der Waals surface area contributed by atoms with E-state index < -0.39 is 0 Å². The molecule has 0 aromatic carbocycles. The second-order valence-corrected chi connectivity index (χ2v) is 5.61. The molecule has 0 unspecified atom stereocenters. The van der Waals surface area contributed by atoms with Gasteiger partial charge in [0.2, 0.25) is 0 Å². The Morgan fingerprint density at radius 3 is 2.76 bits per heavy atom. The summed E-state index contributed by atoms with van der Waals surface area (Å²) >= 11 is 10.8. The van der Waals surface area contributed by atoms with Crippen LogP contribution >= 0.6 is 39.3 Å². The summed E-state index contributed by atoms with van der Waals surface area (Å²) in [5.74, 6) is 1.29. The van der Waals surface area contributed by atoms with Gasteiger partial charge in [-0.05, 0) is 28.1 Å². The lowest BCUT2D eigenvalue weighted by molar-refractivity contribution is 0.760. The number of halogens is 2. The fraction of sp³-hybridized carbons (Fsp3) is 0.273. The molecule has 0 saturated heterocycles. The molecule has 0 radical (unpaired) electrons. The number of hydrogen-bond acceptors (Lipinski definition) is 3. The Hall–Kier alpha value is -0.520. The number of rotatable bonds is 4. The van der Waals surface area contributed by atoms with Gasteiger partial charge in [0, 0.05) is 23.5 Å². The zero-order valence-electron chi connectivity index (χ0n) is 9.23. The Morgan fingerprint density at radius 2 is 2.18 bits per heavy atom. The van der Waals surface area contributed by atoms with Crippen LogP contribution in [0.2, 0.25) is 0 Å². The molecule has 0 aliphatic carbocycles. The highest BCUT2D eigenvalue weighted by Gasteiger charge is 2.06. The third kappa shape index (κ3) is 3.24. The van der Waals surface area contributed by atoms with Crippen molar-refractivity contribution in [3.8, 4) is 0 Å². The molecule has 0 aliphatic heterocycles. The van der Waals surface area contributed by atoms with Crippen LogP contribution in [0.15, 0.2) is 34.2 Å². The SMILES string of the molecule is Cn1c(CCl)cnc1SCc1ccc(Br)cn1. The Morgan fingerprint density at radius 1 is 1.35 bits per heavy atom. The molecule has 17 heavy (non-hydrogen) atoms. The maximum absolute atomic E-state index is 5.79. The molecular weight excluding hydrogens is 322 g/mol. The van der Waals surface area contributed by atoms with Crippen molar-refractivity contribution >= 4 is 39.3 Å². The minimum atomic E-state index is 0.487. The molecule has 0 N–H and O–H groups in total. The lowest BCUT2D eigenvalue weighted by Gasteiger charge is -2.03. The smallest absolute Gasteiger partial charge is 0.168 e. The average molecular weight is 333 g/mol. The highest BCUT2D eigenvalue weighted by atomic mass is 79.9. The highest BCUT2D eigenvalue weighted by molar-refractivity contribution is 9.10. The van der Waals surface area contributed by atoms with Crippen LogP contribution in [0, 0.1) is 0 Å². The van der Waals surface area contributed by atoms with Gasteiger partial charge in [0.1, 0.15) is 0 Å². The molecule has 2 rings (SSSR count). The topological polar surface area (TPSA) is 30.7 Å². The molecular formula is C11H11BrClN3S. The van der Waals surface area contributed by atoms with Crippen molar-refractivity contribution in [3.05, 3.63) is 40.4 Å². The molecule has 0 atom stereocenters. The predicted octanol–water partition coefficient (Wildman–Crippen LogP) is 3.61. The van der Waals surface area contributed by atoms with E-state index in [0.29, 0.717) is 5.88 Å². The summed E-state index contributed by atoms with van der Waals surface area (Å²) < 4.78 is 3.00. The van der Waals surface area contributed by atoms with E-state index in [0.717, 1.165) is 26.8 Å². The number of alkyl halides is 1. The molecule has 6 heteroatoms. The minimum Gasteiger partial charge on any atom is -0.325 e. The van der Waals surface area contributed by atoms with Gasteiger partial charge in [-0.15, -0.1) is 11.6 Å². The van der Waals surface area contributed by atoms with Gasteiger partial charge in [0.05, 0.1) is 23.5 Å². The molecule has 90 valence electrons. The van der Waals surface area contributed by atoms with E-state index in [1.54, 1.807) is 18.0 Å². The quantitative estimate of drug-likeness (QED) is 0.633. The molecule has 0 fully saturated rings. The summed E-state index contributed by atoms with van der Waals surface area (Å²) in [5.41, 5.74) is 2.06. The van der Waals surface area contributed by atoms with Crippen LogP contribution in [0.3, 0.4) is 0 Å². The second kappa shape index (κ2) is 5.89. The van der Waals surface area contributed by atoms with Crippen LogP contribution in [0.4, 0.5) is 0 Å². The van der Waals surface area contributed by atoms with E-state index in [4.69, 9.17) is 11.6 Å². The zero-order chi connectivity index (χ0) is 12.3. The van der Waals surface area contributed by atoms with E-state index in [1.165, 1.54) is 0 Å². The van der Waals surface area contributed by atoms with Gasteiger partial charge in [-0.1, -0.05) is 11.8 Å². The Balaban J connectivity index is 2.02. The molecule has 0 spiro atoms. The molecule has 0 bridgehead atoms. The van der Waals surface area contributed by atoms with E-state index in [9.17, 15) is 0 Å². The van der Waals surface area contributed by atoms with E-state index >= 15 is 0 Å². The molecule has 0 aliphatic rings. The second-order valence-electron chi connectivity index (χ2n) is 3.48. The van der Waals surface area contributed by atoms with Crippen molar-refractivity contribution in [1.29, 1.82) is 0 Å². The largest absolute Gasteiger partial charge is 0.325 e. The number of hydrogen-bond donors (Lipinski definition) is 0. The van der Waals surface area contributed by atoms with Crippen LogP contribution in [-0.4, -0.2) is 14.5 Å². The maximum atomic E-state index is 5.79. The van der Waals surface area contributed by atoms with E-state index in [1.807, 2.05) is 29.9 Å². The summed E-state index contributed by atoms with van der Waals surface area (Å²) in [5, 5.41) is 0.963. The summed E-state index contributed by atoms with van der Waals surface area (Å²) in [7, 11) is 1.97. The first-order valence-electron chi connectivity index (χ1n) is 5.00. The first-order chi connectivity index (χ1) is 8.20. The van der Waals surface area contributed by atoms with Crippen molar-refractivity contribution in [3.63, 3.8) is 0 Å². The fourth-order valence-electron chi connectivity index (χ4n) is 1.31. The van der Waals surface area contributed by atoms with Crippen LogP contribution in [0.1, 0.15) is 11.4 Å². The Labute approximate surface area is 118 Å². The summed E-state index contributed by atoms with van der Waals surface area (Å²) in [6.45, 7) is 0. The van der Waals surface area contributed by atoms with Crippen molar-refractivity contribution in [2.45, 2.75) is 16.8 Å². The van der Waals surface area contributed by atoms with Crippen molar-refractivity contribution < 1.29 is 0 Å². The number of imidazole rings is 1. The van der Waals surface area contributed by atoms with Crippen LogP contribution < -0.4 is 0 Å². The van der Waals surface area contributed by atoms with Crippen LogP contribution in [0.5, 0.6) is 0 Å². The van der Waals surface area contributed by atoms with Crippen LogP contribution in [-0.2, 0) is 18.7 Å². The molecule has 0 saturated carbocycles. The van der Waals surface area contributed by atoms with E-state index in [2.05, 4.69) is 25.9 Å². The first kappa shape index (κ1) is 12.9. The Kier molecular flexibility index (Phi) is 4.48. The van der Waals surface area contributed by atoms with Gasteiger partial charge in [0.25, 0.3) is 0 Å². The summed E-state index contributed by atoms with van der Waals surface area (Å²) in [4.78, 5) is 8.64. The van der Waals surface area contributed by atoms with Crippen LogP contribution in [0.25, 0.3) is 0 Å². The number of nitrogens with zero attached hydrogens (tertiary/aromatic N) is 3. The average Bonchev–Trinajstić information content (AvgIpc) is 2.69. The zero-order valence-corrected chi connectivity index (χ0v) is 12.4. The monoisotopic (exact) mass is 331 g/mol. The lowest BCUT2D eigenvalue weighted by atomic mass is 10.4. The third-order valence-corrected chi connectivity index (χ3v) is 4.14. The van der Waals surface area contributed by atoms with Gasteiger partial charge in [-0.25, -0.2) is 4.98 Å². The minimum absolute atomic E-state index is 0.487. The first-order valence-corrected chi connectivity index (χ1v) is 7.32. The standard InChI is InChI=1S/C11H11BrClN3S/c1-16-10(4-13)6-15-11(16)17-7-9-3-2-8(12)5-14-9/h2-3,5-6H,4,7H2,1H3. The van der Waals surface area contributed by atoms with Gasteiger partial charge in [-0.3, -0.25) is 4.98 Å². The van der Waals surface area contributed by atoms with Crippen molar-refractivity contribution in [1.82, 2.24) is 14.5 Å². The predicted molar refractivity (Wildman–Crippen MR) is 74.3 cm³/mol. The van der Waals surface area contributed by atoms with Gasteiger partial charge >= 0.3 is 0 Å². The Bertz CT molecular complexity index is 498. The fourth-order valence-corrected chi connectivity index (χ4v) is 2.68. The van der Waals surface area contributed by atoms with Gasteiger partial charge in [-0.2, -0.15) is 0 Å². The van der Waals surface area contributed by atoms with Crippen molar-refractivity contribution in [2.75, 3.05) is 0 Å². The number of aromatic nitrogens is 3. The lowest BCUT2D eigenvalue weighted by Crippen LogP contribution is -1.96. The molecule has 2 aromatic heterocycles. The van der Waals surface area contributed by atoms with E-state index in [-0.39, 0.29) is 0 Å². The molecule has 2 heterocycles. The normalized spacial score (nSPS) is 10.8. The van der Waals surface area contributed by atoms with Gasteiger partial charge in [0.15, 0.2) is 5.16 Å². The molecule has 2 aromatic rings. The number of pyridine rings is 1. The summed E-state index contributed by atoms with van der Waals surface area (Å²) in [6, 6.07) is 3.99. The van der Waals surface area contributed by atoms with Crippen molar-refractivity contribution in [2.24, 2.45) is 7.05 Å². The molecule has 3 nitrogen and oxygen atoms in total. The molecule has 0 amide bonds. The highest BCUT2D eigenvalue weighted by Crippen LogP contribution is 2.22. The van der Waals surface area contributed by atoms with Gasteiger partial charge < -0.3 is 4.57 Å².